The number of pyridine rings is 2. The van der Waals surface area contributed by atoms with Gasteiger partial charge >= 0.3 is 0 Å². The zero-order valence-electron chi connectivity index (χ0n) is 10.4. The van der Waals surface area contributed by atoms with E-state index in [1.54, 1.807) is 25.4 Å². The van der Waals surface area contributed by atoms with Crippen molar-refractivity contribution in [2.24, 2.45) is 0 Å². The van der Waals surface area contributed by atoms with Gasteiger partial charge in [-0.3, -0.25) is 4.98 Å². The van der Waals surface area contributed by atoms with Crippen LogP contribution in [0.15, 0.2) is 47.6 Å². The lowest BCUT2D eigenvalue weighted by molar-refractivity contribution is 0.580. The Bertz CT molecular complexity index is 644. The number of hydrogen-bond donors (Lipinski definition) is 2. The Morgan fingerprint density at radius 3 is 2.68 bits per heavy atom. The van der Waals surface area contributed by atoms with E-state index in [9.17, 15) is 8.42 Å². The third-order valence-corrected chi connectivity index (χ3v) is 3.87. The van der Waals surface area contributed by atoms with E-state index in [0.29, 0.717) is 11.5 Å². The molecule has 0 amide bonds. The first kappa shape index (κ1) is 13.4. The lowest BCUT2D eigenvalue weighted by Gasteiger charge is -2.07. The molecule has 2 heterocycles. The van der Waals surface area contributed by atoms with Crippen molar-refractivity contribution in [3.05, 3.63) is 48.4 Å². The molecule has 0 aliphatic rings. The molecule has 7 heteroatoms. The summed E-state index contributed by atoms with van der Waals surface area (Å²) < 4.78 is 26.7. The molecule has 2 aromatic rings. The third-order valence-electron chi connectivity index (χ3n) is 2.47. The minimum absolute atomic E-state index is 0.153. The molecule has 2 rings (SSSR count). The fourth-order valence-corrected chi connectivity index (χ4v) is 2.48. The Morgan fingerprint density at radius 2 is 2.00 bits per heavy atom. The highest BCUT2D eigenvalue weighted by Gasteiger charge is 2.14. The van der Waals surface area contributed by atoms with Gasteiger partial charge in [0.1, 0.15) is 5.82 Å². The Kier molecular flexibility index (Phi) is 4.08. The topological polar surface area (TPSA) is 84.0 Å². The van der Waals surface area contributed by atoms with E-state index < -0.39 is 10.0 Å². The summed E-state index contributed by atoms with van der Waals surface area (Å²) in [6, 6.07) is 8.26. The van der Waals surface area contributed by atoms with Gasteiger partial charge in [0.15, 0.2) is 0 Å². The average Bonchev–Trinajstić information content (AvgIpc) is 2.46. The van der Waals surface area contributed by atoms with Crippen molar-refractivity contribution in [3.63, 3.8) is 0 Å². The minimum atomic E-state index is -3.56. The largest absolute Gasteiger partial charge is 0.373 e. The molecule has 0 radical (unpaired) electrons. The van der Waals surface area contributed by atoms with Crippen molar-refractivity contribution >= 4 is 15.8 Å². The fraction of sp³-hybridized carbons (Fsp3) is 0.167. The quantitative estimate of drug-likeness (QED) is 0.852. The van der Waals surface area contributed by atoms with Gasteiger partial charge in [0, 0.05) is 25.5 Å². The Hall–Kier alpha value is -1.99. The highest BCUT2D eigenvalue weighted by molar-refractivity contribution is 7.89. The van der Waals surface area contributed by atoms with E-state index in [-0.39, 0.29) is 11.4 Å². The molecule has 0 aliphatic heterocycles. The molecule has 0 aliphatic carbocycles. The Balaban J connectivity index is 2.14. The molecule has 0 bridgehead atoms. The van der Waals surface area contributed by atoms with E-state index >= 15 is 0 Å². The number of nitrogens with one attached hydrogen (secondary N) is 2. The van der Waals surface area contributed by atoms with Crippen LogP contribution in [-0.2, 0) is 16.6 Å². The molecule has 0 aromatic carbocycles. The van der Waals surface area contributed by atoms with Crippen molar-refractivity contribution in [2.75, 3.05) is 12.4 Å². The highest BCUT2D eigenvalue weighted by atomic mass is 32.2. The first-order valence-electron chi connectivity index (χ1n) is 5.65. The van der Waals surface area contributed by atoms with E-state index in [2.05, 4.69) is 20.0 Å². The molecule has 6 nitrogen and oxygen atoms in total. The van der Waals surface area contributed by atoms with Crippen LogP contribution in [0.4, 0.5) is 5.82 Å². The number of anilines is 1. The van der Waals surface area contributed by atoms with Crippen molar-refractivity contribution in [2.45, 2.75) is 11.4 Å². The molecule has 0 saturated carbocycles. The van der Waals surface area contributed by atoms with Crippen LogP contribution < -0.4 is 10.0 Å². The second-order valence-electron chi connectivity index (χ2n) is 3.77. The second kappa shape index (κ2) is 5.77. The van der Waals surface area contributed by atoms with Gasteiger partial charge in [-0.25, -0.2) is 18.1 Å². The second-order valence-corrected chi connectivity index (χ2v) is 5.54. The van der Waals surface area contributed by atoms with Crippen LogP contribution in [0.5, 0.6) is 0 Å². The molecule has 0 atom stereocenters. The molecule has 19 heavy (non-hydrogen) atoms. The predicted molar refractivity (Wildman–Crippen MR) is 72.0 cm³/mol. The van der Waals surface area contributed by atoms with Crippen LogP contribution in [-0.4, -0.2) is 25.4 Å². The van der Waals surface area contributed by atoms with Gasteiger partial charge in [-0.05, 0) is 18.2 Å². The molecular weight excluding hydrogens is 264 g/mol. The zero-order chi connectivity index (χ0) is 13.7. The Labute approximate surface area is 112 Å². The van der Waals surface area contributed by atoms with Crippen molar-refractivity contribution in [1.82, 2.24) is 14.7 Å². The summed E-state index contributed by atoms with van der Waals surface area (Å²) >= 11 is 0. The van der Waals surface area contributed by atoms with Crippen LogP contribution in [0, 0.1) is 0 Å². The first-order chi connectivity index (χ1) is 9.12. The lowest BCUT2D eigenvalue weighted by Crippen LogP contribution is -2.23. The maximum Gasteiger partial charge on any atom is 0.241 e. The normalized spacial score (nSPS) is 11.2. The molecule has 0 saturated heterocycles. The van der Waals surface area contributed by atoms with Gasteiger partial charge in [0.25, 0.3) is 0 Å². The van der Waals surface area contributed by atoms with E-state index in [0.717, 1.165) is 0 Å². The number of rotatable bonds is 5. The molecule has 0 spiro atoms. The molecule has 2 N–H and O–H groups in total. The summed E-state index contributed by atoms with van der Waals surface area (Å²) in [4.78, 5) is 8.20. The summed E-state index contributed by atoms with van der Waals surface area (Å²) in [5.41, 5.74) is 0.661. The fourth-order valence-electron chi connectivity index (χ4n) is 1.47. The Morgan fingerprint density at radius 1 is 1.16 bits per heavy atom. The summed E-state index contributed by atoms with van der Waals surface area (Å²) in [6.07, 6.45) is 3.07. The minimum Gasteiger partial charge on any atom is -0.373 e. The smallest absolute Gasteiger partial charge is 0.241 e. The standard InChI is InChI=1S/C12H14N4O2S/c1-13-12-8-11(5-7-15-12)19(17,18)16-9-10-4-2-3-6-14-10/h2-8,16H,9H2,1H3,(H,13,15). The van der Waals surface area contributed by atoms with E-state index in [1.807, 2.05) is 6.07 Å². The van der Waals surface area contributed by atoms with Crippen molar-refractivity contribution < 1.29 is 8.42 Å². The monoisotopic (exact) mass is 278 g/mol. The van der Waals surface area contributed by atoms with Crippen molar-refractivity contribution in [1.29, 1.82) is 0 Å². The van der Waals surface area contributed by atoms with E-state index in [4.69, 9.17) is 0 Å². The van der Waals surface area contributed by atoms with Crippen LogP contribution >= 0.6 is 0 Å². The van der Waals surface area contributed by atoms with Gasteiger partial charge in [-0.1, -0.05) is 6.07 Å². The zero-order valence-corrected chi connectivity index (χ0v) is 11.2. The average molecular weight is 278 g/mol. The first-order valence-corrected chi connectivity index (χ1v) is 7.13. The summed E-state index contributed by atoms with van der Waals surface area (Å²) in [5.74, 6) is 0.501. The van der Waals surface area contributed by atoms with Crippen molar-refractivity contribution in [3.8, 4) is 0 Å². The predicted octanol–water partition coefficient (Wildman–Crippen LogP) is 0.997. The number of aromatic nitrogens is 2. The maximum atomic E-state index is 12.1. The molecule has 0 fully saturated rings. The third kappa shape index (κ3) is 3.49. The molecule has 0 unspecified atom stereocenters. The van der Waals surface area contributed by atoms with Crippen LogP contribution in [0.2, 0.25) is 0 Å². The summed E-state index contributed by atoms with van der Waals surface area (Å²) in [5, 5.41) is 2.80. The van der Waals surface area contributed by atoms with Gasteiger partial charge in [0.05, 0.1) is 17.1 Å². The SMILES string of the molecule is CNc1cc(S(=O)(=O)NCc2ccccn2)ccn1. The van der Waals surface area contributed by atoms with Crippen LogP contribution in [0.25, 0.3) is 0 Å². The van der Waals surface area contributed by atoms with Gasteiger partial charge < -0.3 is 5.32 Å². The van der Waals surface area contributed by atoms with Gasteiger partial charge in [0.2, 0.25) is 10.0 Å². The van der Waals surface area contributed by atoms with Crippen LogP contribution in [0.3, 0.4) is 0 Å². The number of sulfonamides is 1. The van der Waals surface area contributed by atoms with E-state index in [1.165, 1.54) is 18.3 Å². The molecular formula is C12H14N4O2S. The number of nitrogens with zero attached hydrogens (tertiary/aromatic N) is 2. The van der Waals surface area contributed by atoms with Crippen LogP contribution in [0.1, 0.15) is 5.69 Å². The lowest BCUT2D eigenvalue weighted by atomic mass is 10.4. The summed E-state index contributed by atoms with van der Waals surface area (Å²) in [6.45, 7) is 0.153. The maximum absolute atomic E-state index is 12.1. The van der Waals surface area contributed by atoms with Gasteiger partial charge in [-0.2, -0.15) is 0 Å². The highest BCUT2D eigenvalue weighted by Crippen LogP contribution is 2.12. The summed E-state index contributed by atoms with van der Waals surface area (Å²) in [7, 11) is -1.88. The molecule has 2 aromatic heterocycles. The molecule has 100 valence electrons. The number of hydrogen-bond acceptors (Lipinski definition) is 5. The van der Waals surface area contributed by atoms with Gasteiger partial charge in [-0.15, -0.1) is 0 Å².